The Morgan fingerprint density at radius 2 is 2.19 bits per heavy atom. The monoisotopic (exact) mass is 275 g/mol. The first-order chi connectivity index (χ1) is 10.2. The first-order valence-corrected chi connectivity index (χ1v) is 6.49. The number of hydrogen-bond donors (Lipinski definition) is 1. The second-order valence-electron chi connectivity index (χ2n) is 4.77. The number of aromatic nitrogens is 2. The number of rotatable bonds is 2. The number of nitrogens with zero attached hydrogens (tertiary/aromatic N) is 2. The van der Waals surface area contributed by atoms with E-state index in [0.29, 0.717) is 11.4 Å². The summed E-state index contributed by atoms with van der Waals surface area (Å²) in [7, 11) is 0. The molecule has 0 unspecified atom stereocenters. The van der Waals surface area contributed by atoms with Gasteiger partial charge in [-0.15, -0.1) is 6.42 Å². The molecule has 0 saturated heterocycles. The van der Waals surface area contributed by atoms with Gasteiger partial charge in [-0.25, -0.2) is 4.98 Å². The van der Waals surface area contributed by atoms with Gasteiger partial charge in [0.2, 0.25) is 0 Å². The van der Waals surface area contributed by atoms with Crippen LogP contribution in [0.3, 0.4) is 0 Å². The number of amides is 1. The van der Waals surface area contributed by atoms with Gasteiger partial charge in [0.25, 0.3) is 5.91 Å². The van der Waals surface area contributed by atoms with Crippen molar-refractivity contribution in [1.82, 2.24) is 9.38 Å². The molecule has 4 heteroatoms. The Morgan fingerprint density at radius 1 is 1.33 bits per heavy atom. The van der Waals surface area contributed by atoms with Gasteiger partial charge in [-0.05, 0) is 42.8 Å². The summed E-state index contributed by atoms with van der Waals surface area (Å²) in [5, 5.41) is 2.80. The molecule has 4 nitrogen and oxygen atoms in total. The zero-order chi connectivity index (χ0) is 14.8. The molecule has 0 atom stereocenters. The van der Waals surface area contributed by atoms with Gasteiger partial charge in [0.05, 0.1) is 0 Å². The van der Waals surface area contributed by atoms with Crippen molar-refractivity contribution in [2.24, 2.45) is 0 Å². The summed E-state index contributed by atoms with van der Waals surface area (Å²) in [5.41, 5.74) is 3.59. The lowest BCUT2D eigenvalue weighted by Gasteiger charge is -2.03. The van der Waals surface area contributed by atoms with Gasteiger partial charge >= 0.3 is 0 Å². The van der Waals surface area contributed by atoms with E-state index in [2.05, 4.69) is 16.2 Å². The summed E-state index contributed by atoms with van der Waals surface area (Å²) in [5.74, 6) is 2.28. The molecule has 0 radical (unpaired) electrons. The molecule has 2 heterocycles. The SMILES string of the molecule is C#Cc1cccc(NC(=O)c2cn3ccc(C)cc3n2)c1. The van der Waals surface area contributed by atoms with E-state index in [1.807, 2.05) is 35.7 Å². The molecule has 0 aliphatic rings. The fourth-order valence-electron chi connectivity index (χ4n) is 2.07. The third kappa shape index (κ3) is 2.63. The minimum atomic E-state index is -0.259. The highest BCUT2D eigenvalue weighted by Crippen LogP contribution is 2.13. The largest absolute Gasteiger partial charge is 0.321 e. The molecular weight excluding hydrogens is 262 g/mol. The number of hydrogen-bond acceptors (Lipinski definition) is 2. The highest BCUT2D eigenvalue weighted by molar-refractivity contribution is 6.03. The average molecular weight is 275 g/mol. The number of benzene rings is 1. The van der Waals surface area contributed by atoms with E-state index in [4.69, 9.17) is 6.42 Å². The molecule has 0 bridgehead atoms. The molecule has 1 amide bonds. The smallest absolute Gasteiger partial charge is 0.275 e. The summed E-state index contributed by atoms with van der Waals surface area (Å²) in [6.07, 6.45) is 8.93. The molecular formula is C17H13N3O. The van der Waals surface area contributed by atoms with Crippen LogP contribution in [-0.2, 0) is 0 Å². The lowest BCUT2D eigenvalue weighted by atomic mass is 10.2. The summed E-state index contributed by atoms with van der Waals surface area (Å²) in [6.45, 7) is 1.99. The van der Waals surface area contributed by atoms with Gasteiger partial charge in [-0.1, -0.05) is 12.0 Å². The zero-order valence-electron chi connectivity index (χ0n) is 11.5. The molecule has 0 fully saturated rings. The predicted molar refractivity (Wildman–Crippen MR) is 82.3 cm³/mol. The molecule has 21 heavy (non-hydrogen) atoms. The molecule has 3 aromatic rings. The number of fused-ring (bicyclic) bond motifs is 1. The normalized spacial score (nSPS) is 10.3. The minimum absolute atomic E-state index is 0.259. The molecule has 102 valence electrons. The summed E-state index contributed by atoms with van der Waals surface area (Å²) in [4.78, 5) is 16.6. The van der Waals surface area contributed by atoms with Crippen molar-refractivity contribution in [1.29, 1.82) is 0 Å². The number of pyridine rings is 1. The van der Waals surface area contributed by atoms with Crippen LogP contribution in [0.4, 0.5) is 5.69 Å². The zero-order valence-corrected chi connectivity index (χ0v) is 11.5. The molecule has 3 rings (SSSR count). The highest BCUT2D eigenvalue weighted by Gasteiger charge is 2.11. The van der Waals surface area contributed by atoms with Gasteiger partial charge in [-0.3, -0.25) is 4.79 Å². The van der Waals surface area contributed by atoms with Crippen LogP contribution in [0.15, 0.2) is 48.8 Å². The average Bonchev–Trinajstić information content (AvgIpc) is 2.90. The molecule has 0 saturated carbocycles. The van der Waals surface area contributed by atoms with E-state index in [-0.39, 0.29) is 5.91 Å². The highest BCUT2D eigenvalue weighted by atomic mass is 16.1. The first kappa shape index (κ1) is 12.9. The number of aryl methyl sites for hydroxylation is 1. The van der Waals surface area contributed by atoms with Crippen molar-refractivity contribution >= 4 is 17.2 Å². The maximum atomic E-state index is 12.2. The van der Waals surface area contributed by atoms with Gasteiger partial charge in [-0.2, -0.15) is 0 Å². The van der Waals surface area contributed by atoms with Crippen LogP contribution in [0.2, 0.25) is 0 Å². The second kappa shape index (κ2) is 5.14. The van der Waals surface area contributed by atoms with Crippen LogP contribution in [0.25, 0.3) is 5.65 Å². The number of carbonyl (C=O) groups excluding carboxylic acids is 1. The summed E-state index contributed by atoms with van der Waals surface area (Å²) in [6, 6.07) is 11.0. The van der Waals surface area contributed by atoms with Crippen LogP contribution in [0.1, 0.15) is 21.6 Å². The number of terminal acetylenes is 1. The van der Waals surface area contributed by atoms with Gasteiger partial charge in [0.1, 0.15) is 11.3 Å². The first-order valence-electron chi connectivity index (χ1n) is 6.49. The maximum Gasteiger partial charge on any atom is 0.275 e. The molecule has 0 spiro atoms. The van der Waals surface area contributed by atoms with E-state index >= 15 is 0 Å². The molecule has 1 aromatic carbocycles. The quantitative estimate of drug-likeness (QED) is 0.731. The Balaban J connectivity index is 1.88. The topological polar surface area (TPSA) is 46.4 Å². The van der Waals surface area contributed by atoms with Crippen LogP contribution in [0.5, 0.6) is 0 Å². The van der Waals surface area contributed by atoms with E-state index in [0.717, 1.165) is 16.8 Å². The Bertz CT molecular complexity index is 871. The van der Waals surface area contributed by atoms with E-state index < -0.39 is 0 Å². The third-order valence-electron chi connectivity index (χ3n) is 3.14. The van der Waals surface area contributed by atoms with Crippen molar-refractivity contribution in [3.05, 3.63) is 65.6 Å². The minimum Gasteiger partial charge on any atom is -0.321 e. The van der Waals surface area contributed by atoms with Crippen LogP contribution < -0.4 is 5.32 Å². The fraction of sp³-hybridized carbons (Fsp3) is 0.0588. The number of anilines is 1. The van der Waals surface area contributed by atoms with Crippen LogP contribution in [-0.4, -0.2) is 15.3 Å². The van der Waals surface area contributed by atoms with E-state index in [1.54, 1.807) is 24.4 Å². The number of nitrogens with one attached hydrogen (secondary N) is 1. The molecule has 0 aliphatic heterocycles. The van der Waals surface area contributed by atoms with Crippen molar-refractivity contribution in [2.75, 3.05) is 5.32 Å². The molecule has 0 aliphatic carbocycles. The van der Waals surface area contributed by atoms with Crippen molar-refractivity contribution in [3.63, 3.8) is 0 Å². The van der Waals surface area contributed by atoms with Crippen molar-refractivity contribution in [2.45, 2.75) is 6.92 Å². The van der Waals surface area contributed by atoms with Gasteiger partial charge in [0.15, 0.2) is 0 Å². The predicted octanol–water partition coefficient (Wildman–Crippen LogP) is 2.88. The number of imidazole rings is 1. The lowest BCUT2D eigenvalue weighted by Crippen LogP contribution is -2.12. The Morgan fingerprint density at radius 3 is 3.00 bits per heavy atom. The van der Waals surface area contributed by atoms with E-state index in [1.165, 1.54) is 0 Å². The van der Waals surface area contributed by atoms with Crippen molar-refractivity contribution in [3.8, 4) is 12.3 Å². The Hall–Kier alpha value is -3.06. The second-order valence-corrected chi connectivity index (χ2v) is 4.77. The number of carbonyl (C=O) groups is 1. The van der Waals surface area contributed by atoms with Crippen LogP contribution >= 0.6 is 0 Å². The van der Waals surface area contributed by atoms with Gasteiger partial charge < -0.3 is 9.72 Å². The Kier molecular flexibility index (Phi) is 3.17. The maximum absolute atomic E-state index is 12.2. The lowest BCUT2D eigenvalue weighted by molar-refractivity contribution is 0.102. The molecule has 1 N–H and O–H groups in total. The van der Waals surface area contributed by atoms with Crippen molar-refractivity contribution < 1.29 is 4.79 Å². The molecule has 2 aromatic heterocycles. The Labute approximate surface area is 122 Å². The summed E-state index contributed by atoms with van der Waals surface area (Å²) < 4.78 is 1.82. The van der Waals surface area contributed by atoms with Crippen LogP contribution in [0, 0.1) is 19.3 Å². The standard InChI is InChI=1S/C17H13N3O/c1-3-13-5-4-6-14(10-13)18-17(21)15-11-20-8-7-12(2)9-16(20)19-15/h1,4-11H,2H3,(H,18,21). The van der Waals surface area contributed by atoms with Gasteiger partial charge in [0, 0.05) is 23.6 Å². The summed E-state index contributed by atoms with van der Waals surface area (Å²) >= 11 is 0. The third-order valence-corrected chi connectivity index (χ3v) is 3.14. The fourth-order valence-corrected chi connectivity index (χ4v) is 2.07. The van der Waals surface area contributed by atoms with E-state index in [9.17, 15) is 4.79 Å².